The van der Waals surface area contributed by atoms with Crippen molar-refractivity contribution in [2.24, 2.45) is 7.05 Å². The monoisotopic (exact) mass is 331 g/mol. The first-order valence-electron chi connectivity index (χ1n) is 7.89. The maximum atomic E-state index is 12.3. The van der Waals surface area contributed by atoms with Crippen molar-refractivity contribution in [2.45, 2.75) is 33.6 Å². The third-order valence-corrected chi connectivity index (χ3v) is 4.27. The molecule has 0 radical (unpaired) electrons. The van der Waals surface area contributed by atoms with Crippen molar-refractivity contribution in [3.8, 4) is 11.5 Å². The molecular weight excluding hydrogens is 306 g/mol. The van der Waals surface area contributed by atoms with Gasteiger partial charge in [-0.15, -0.1) is 0 Å². The van der Waals surface area contributed by atoms with Gasteiger partial charge in [-0.05, 0) is 44.4 Å². The van der Waals surface area contributed by atoms with E-state index in [1.807, 2.05) is 38.6 Å². The van der Waals surface area contributed by atoms with Crippen LogP contribution in [0.15, 0.2) is 12.1 Å². The molecule has 1 heterocycles. The van der Waals surface area contributed by atoms with E-state index in [1.54, 1.807) is 20.3 Å². The largest absolute Gasteiger partial charge is 0.493 e. The number of hydrogen-bond acceptors (Lipinski definition) is 4. The lowest BCUT2D eigenvalue weighted by molar-refractivity contribution is -0.116. The summed E-state index contributed by atoms with van der Waals surface area (Å²) in [5.74, 6) is 1.21. The average molecular weight is 331 g/mol. The Morgan fingerprint density at radius 1 is 1.17 bits per heavy atom. The molecule has 0 spiro atoms. The van der Waals surface area contributed by atoms with E-state index in [0.717, 1.165) is 28.2 Å². The summed E-state index contributed by atoms with van der Waals surface area (Å²) in [5, 5.41) is 7.33. The number of aryl methyl sites for hydroxylation is 3. The van der Waals surface area contributed by atoms with Crippen molar-refractivity contribution >= 4 is 11.6 Å². The van der Waals surface area contributed by atoms with Gasteiger partial charge in [-0.25, -0.2) is 0 Å². The average Bonchev–Trinajstić information content (AvgIpc) is 2.79. The molecule has 2 aromatic rings. The van der Waals surface area contributed by atoms with Gasteiger partial charge in [0.05, 0.1) is 19.9 Å². The maximum Gasteiger partial charge on any atom is 0.224 e. The van der Waals surface area contributed by atoms with E-state index < -0.39 is 0 Å². The third-order valence-electron chi connectivity index (χ3n) is 4.27. The van der Waals surface area contributed by atoms with Crippen molar-refractivity contribution in [3.63, 3.8) is 0 Å². The number of anilines is 1. The number of aromatic nitrogens is 2. The van der Waals surface area contributed by atoms with Gasteiger partial charge in [-0.2, -0.15) is 5.10 Å². The molecule has 24 heavy (non-hydrogen) atoms. The number of nitrogens with zero attached hydrogens (tertiary/aromatic N) is 2. The van der Waals surface area contributed by atoms with Crippen LogP contribution in [0.3, 0.4) is 0 Å². The van der Waals surface area contributed by atoms with Crippen LogP contribution in [0.1, 0.15) is 28.9 Å². The van der Waals surface area contributed by atoms with Crippen LogP contribution >= 0.6 is 0 Å². The summed E-state index contributed by atoms with van der Waals surface area (Å²) in [7, 11) is 5.08. The Bertz CT molecular complexity index is 750. The first-order valence-corrected chi connectivity index (χ1v) is 7.89. The van der Waals surface area contributed by atoms with Crippen LogP contribution in [-0.4, -0.2) is 29.9 Å². The molecule has 0 unspecified atom stereocenters. The Kier molecular flexibility index (Phi) is 5.49. The summed E-state index contributed by atoms with van der Waals surface area (Å²) in [6, 6.07) is 3.64. The van der Waals surface area contributed by atoms with E-state index in [2.05, 4.69) is 10.4 Å². The van der Waals surface area contributed by atoms with E-state index >= 15 is 0 Å². The molecule has 6 heteroatoms. The van der Waals surface area contributed by atoms with Crippen molar-refractivity contribution in [1.29, 1.82) is 0 Å². The zero-order chi connectivity index (χ0) is 17.9. The SMILES string of the molecule is COc1cc(C)c(NC(=O)CCc2c(C)nn(C)c2C)cc1OC. The lowest BCUT2D eigenvalue weighted by atomic mass is 10.1. The molecule has 130 valence electrons. The van der Waals surface area contributed by atoms with E-state index in [0.29, 0.717) is 24.3 Å². The molecule has 1 amide bonds. The van der Waals surface area contributed by atoms with Crippen molar-refractivity contribution < 1.29 is 14.3 Å². The summed E-state index contributed by atoms with van der Waals surface area (Å²) >= 11 is 0. The second-order valence-electron chi connectivity index (χ2n) is 5.84. The summed E-state index contributed by atoms with van der Waals surface area (Å²) in [6.07, 6.45) is 1.07. The van der Waals surface area contributed by atoms with Crippen LogP contribution in [0, 0.1) is 20.8 Å². The third kappa shape index (κ3) is 3.69. The molecule has 0 aliphatic rings. The number of rotatable bonds is 6. The highest BCUT2D eigenvalue weighted by Gasteiger charge is 2.14. The Balaban J connectivity index is 2.07. The van der Waals surface area contributed by atoms with E-state index in [4.69, 9.17) is 9.47 Å². The minimum absolute atomic E-state index is 0.0343. The highest BCUT2D eigenvalue weighted by Crippen LogP contribution is 2.33. The highest BCUT2D eigenvalue weighted by molar-refractivity contribution is 5.92. The Hall–Kier alpha value is -2.50. The molecule has 0 aliphatic heterocycles. The quantitative estimate of drug-likeness (QED) is 0.884. The van der Waals surface area contributed by atoms with Gasteiger partial charge < -0.3 is 14.8 Å². The minimum atomic E-state index is -0.0343. The van der Waals surface area contributed by atoms with Gasteiger partial charge in [0, 0.05) is 30.9 Å². The zero-order valence-corrected chi connectivity index (χ0v) is 15.2. The molecule has 2 rings (SSSR count). The molecule has 0 bridgehead atoms. The predicted octanol–water partition coefficient (Wildman–Crippen LogP) is 2.93. The topological polar surface area (TPSA) is 65.4 Å². The van der Waals surface area contributed by atoms with Crippen molar-refractivity contribution in [1.82, 2.24) is 9.78 Å². The normalized spacial score (nSPS) is 10.6. The van der Waals surface area contributed by atoms with E-state index in [-0.39, 0.29) is 5.91 Å². The zero-order valence-electron chi connectivity index (χ0n) is 15.2. The lowest BCUT2D eigenvalue weighted by Crippen LogP contribution is -2.14. The molecule has 0 atom stereocenters. The number of methoxy groups -OCH3 is 2. The first kappa shape index (κ1) is 17.8. The van der Waals surface area contributed by atoms with Crippen LogP contribution in [0.2, 0.25) is 0 Å². The Morgan fingerprint density at radius 2 is 1.79 bits per heavy atom. The molecule has 0 saturated carbocycles. The van der Waals surface area contributed by atoms with Crippen LogP contribution in [-0.2, 0) is 18.3 Å². The van der Waals surface area contributed by atoms with Crippen LogP contribution in [0.25, 0.3) is 0 Å². The molecule has 6 nitrogen and oxygen atoms in total. The van der Waals surface area contributed by atoms with Gasteiger partial charge >= 0.3 is 0 Å². The second kappa shape index (κ2) is 7.38. The summed E-state index contributed by atoms with van der Waals surface area (Å²) in [5.41, 5.74) is 4.87. The number of carbonyl (C=O) groups excluding carboxylic acids is 1. The number of hydrogen-bond donors (Lipinski definition) is 1. The predicted molar refractivity (Wildman–Crippen MR) is 93.9 cm³/mol. The number of ether oxygens (including phenoxy) is 2. The number of amides is 1. The fraction of sp³-hybridized carbons (Fsp3) is 0.444. The van der Waals surface area contributed by atoms with Gasteiger partial charge in [0.1, 0.15) is 0 Å². The molecule has 0 fully saturated rings. The minimum Gasteiger partial charge on any atom is -0.493 e. The number of carbonyl (C=O) groups is 1. The van der Waals surface area contributed by atoms with Gasteiger partial charge in [0.15, 0.2) is 11.5 Å². The molecular formula is C18H25N3O3. The fourth-order valence-corrected chi connectivity index (χ4v) is 2.75. The van der Waals surface area contributed by atoms with Crippen LogP contribution in [0.5, 0.6) is 11.5 Å². The highest BCUT2D eigenvalue weighted by atomic mass is 16.5. The molecule has 1 aromatic heterocycles. The standard InChI is InChI=1S/C18H25N3O3/c1-11-9-16(23-5)17(24-6)10-15(11)19-18(22)8-7-14-12(2)20-21(4)13(14)3/h9-10H,7-8H2,1-6H3,(H,19,22). The lowest BCUT2D eigenvalue weighted by Gasteiger charge is -2.13. The molecule has 1 aromatic carbocycles. The Morgan fingerprint density at radius 3 is 2.33 bits per heavy atom. The first-order chi connectivity index (χ1) is 11.4. The Labute approximate surface area is 142 Å². The molecule has 1 N–H and O–H groups in total. The fourth-order valence-electron chi connectivity index (χ4n) is 2.75. The van der Waals surface area contributed by atoms with Gasteiger partial charge in [-0.1, -0.05) is 0 Å². The summed E-state index contributed by atoms with van der Waals surface area (Å²) in [4.78, 5) is 12.3. The molecule has 0 aliphatic carbocycles. The van der Waals surface area contributed by atoms with E-state index in [1.165, 1.54) is 0 Å². The number of benzene rings is 1. The van der Waals surface area contributed by atoms with Crippen molar-refractivity contribution in [2.75, 3.05) is 19.5 Å². The van der Waals surface area contributed by atoms with Crippen molar-refractivity contribution in [3.05, 3.63) is 34.6 Å². The van der Waals surface area contributed by atoms with Gasteiger partial charge in [0.25, 0.3) is 0 Å². The summed E-state index contributed by atoms with van der Waals surface area (Å²) < 4.78 is 12.4. The number of nitrogens with one attached hydrogen (secondary N) is 1. The van der Waals surface area contributed by atoms with Crippen LogP contribution in [0.4, 0.5) is 5.69 Å². The maximum absolute atomic E-state index is 12.3. The van der Waals surface area contributed by atoms with E-state index in [9.17, 15) is 4.79 Å². The smallest absolute Gasteiger partial charge is 0.224 e. The van der Waals surface area contributed by atoms with Gasteiger partial charge in [0.2, 0.25) is 5.91 Å². The second-order valence-corrected chi connectivity index (χ2v) is 5.84. The van der Waals surface area contributed by atoms with Crippen LogP contribution < -0.4 is 14.8 Å². The molecule has 0 saturated heterocycles. The summed E-state index contributed by atoms with van der Waals surface area (Å²) in [6.45, 7) is 5.91. The van der Waals surface area contributed by atoms with Gasteiger partial charge in [-0.3, -0.25) is 9.48 Å².